The summed E-state index contributed by atoms with van der Waals surface area (Å²) in [4.78, 5) is 11.5. The smallest absolute Gasteiger partial charge is 0.147 e. The standard InChI is InChI=1S/C24H27FN6O/c1-30-13-15(10-28-30)14-2-6-18(22(32)8-14)20-11-27-23(12-26-20)31(17-4-5-17)21-9-16-3-7-19(29-16)24(21)25/h2,6,8,10-13,16-17,19,21,24,29,32H,3-5,7,9H2,1H3/t16?,19?,21-,24+/m1/s1. The molecule has 4 atom stereocenters. The summed E-state index contributed by atoms with van der Waals surface area (Å²) >= 11 is 0. The minimum absolute atomic E-state index is 0.0393. The molecule has 1 saturated carbocycles. The molecule has 2 aromatic heterocycles. The maximum atomic E-state index is 15.2. The van der Waals surface area contributed by atoms with Gasteiger partial charge in [0, 0.05) is 42.5 Å². The molecule has 2 unspecified atom stereocenters. The van der Waals surface area contributed by atoms with Gasteiger partial charge in [-0.05, 0) is 49.8 Å². The van der Waals surface area contributed by atoms with Gasteiger partial charge in [0.05, 0.1) is 30.3 Å². The van der Waals surface area contributed by atoms with Crippen LogP contribution in [-0.4, -0.2) is 55.2 Å². The Balaban J connectivity index is 1.27. The van der Waals surface area contributed by atoms with E-state index in [0.29, 0.717) is 23.3 Å². The molecule has 0 amide bonds. The third-order valence-electron chi connectivity index (χ3n) is 7.07. The number of phenols is 1. The fourth-order valence-corrected chi connectivity index (χ4v) is 5.32. The molecule has 3 aliphatic rings. The highest BCUT2D eigenvalue weighted by Gasteiger charge is 2.48. The van der Waals surface area contributed by atoms with Gasteiger partial charge in [0.15, 0.2) is 0 Å². The lowest BCUT2D eigenvalue weighted by atomic mass is 9.96. The molecular formula is C24H27FN6O. The molecule has 1 aliphatic carbocycles. The number of phenolic OH excluding ortho intramolecular Hbond substituents is 1. The van der Waals surface area contributed by atoms with Crippen LogP contribution in [0.1, 0.15) is 32.1 Å². The molecule has 0 radical (unpaired) electrons. The van der Waals surface area contributed by atoms with E-state index in [1.165, 1.54) is 0 Å². The summed E-state index contributed by atoms with van der Waals surface area (Å²) in [6.07, 6.45) is 11.1. The largest absolute Gasteiger partial charge is 0.507 e. The molecule has 3 aromatic rings. The topological polar surface area (TPSA) is 79.1 Å². The highest BCUT2D eigenvalue weighted by Crippen LogP contribution is 2.40. The molecule has 2 bridgehead atoms. The van der Waals surface area contributed by atoms with Gasteiger partial charge in [0.25, 0.3) is 0 Å². The first kappa shape index (κ1) is 19.7. The highest BCUT2D eigenvalue weighted by molar-refractivity contribution is 5.73. The number of benzene rings is 1. The fraction of sp³-hybridized carbons (Fsp3) is 0.458. The van der Waals surface area contributed by atoms with Crippen molar-refractivity contribution in [2.45, 2.75) is 62.4 Å². The Morgan fingerprint density at radius 1 is 1.09 bits per heavy atom. The van der Waals surface area contributed by atoms with Crippen LogP contribution in [0.4, 0.5) is 10.2 Å². The van der Waals surface area contributed by atoms with E-state index in [2.05, 4.69) is 25.3 Å². The number of piperidine rings is 1. The second-order valence-corrected chi connectivity index (χ2v) is 9.33. The van der Waals surface area contributed by atoms with Gasteiger partial charge in [-0.3, -0.25) is 9.67 Å². The lowest BCUT2D eigenvalue weighted by Crippen LogP contribution is -2.57. The summed E-state index contributed by atoms with van der Waals surface area (Å²) in [5, 5.41) is 18.2. The first-order chi connectivity index (χ1) is 15.6. The van der Waals surface area contributed by atoms with Crippen molar-refractivity contribution in [2.24, 2.45) is 7.05 Å². The molecule has 2 aliphatic heterocycles. The molecular weight excluding hydrogens is 407 g/mol. The van der Waals surface area contributed by atoms with Crippen molar-refractivity contribution in [1.29, 1.82) is 0 Å². The van der Waals surface area contributed by atoms with Gasteiger partial charge < -0.3 is 15.3 Å². The van der Waals surface area contributed by atoms with E-state index in [1.54, 1.807) is 29.3 Å². The first-order valence-electron chi connectivity index (χ1n) is 11.4. The molecule has 8 heteroatoms. The predicted octanol–water partition coefficient (Wildman–Crippen LogP) is 3.45. The van der Waals surface area contributed by atoms with Crippen LogP contribution in [0.2, 0.25) is 0 Å². The summed E-state index contributed by atoms with van der Waals surface area (Å²) in [5.41, 5.74) is 3.05. The molecule has 2 N–H and O–H groups in total. The molecule has 1 aromatic carbocycles. The lowest BCUT2D eigenvalue weighted by molar-refractivity contribution is 0.171. The molecule has 2 saturated heterocycles. The van der Waals surface area contributed by atoms with Crippen molar-refractivity contribution in [2.75, 3.05) is 4.90 Å². The van der Waals surface area contributed by atoms with Gasteiger partial charge >= 0.3 is 0 Å². The molecule has 6 rings (SSSR count). The average molecular weight is 435 g/mol. The van der Waals surface area contributed by atoms with E-state index < -0.39 is 6.17 Å². The number of hydrogen-bond donors (Lipinski definition) is 2. The normalized spacial score (nSPS) is 26.9. The number of rotatable bonds is 5. The van der Waals surface area contributed by atoms with Crippen LogP contribution in [-0.2, 0) is 7.05 Å². The zero-order chi connectivity index (χ0) is 21.8. The van der Waals surface area contributed by atoms with Crippen LogP contribution in [0.5, 0.6) is 5.75 Å². The molecule has 166 valence electrons. The predicted molar refractivity (Wildman–Crippen MR) is 120 cm³/mol. The number of halogens is 1. The van der Waals surface area contributed by atoms with Crippen molar-refractivity contribution in [1.82, 2.24) is 25.1 Å². The minimum atomic E-state index is -0.889. The molecule has 7 nitrogen and oxygen atoms in total. The van der Waals surface area contributed by atoms with Gasteiger partial charge in [-0.1, -0.05) is 6.07 Å². The Hall–Kier alpha value is -3.00. The number of nitrogens with zero attached hydrogens (tertiary/aromatic N) is 5. The molecule has 3 fully saturated rings. The van der Waals surface area contributed by atoms with Gasteiger partial charge in [0.2, 0.25) is 0 Å². The lowest BCUT2D eigenvalue weighted by Gasteiger charge is -2.41. The third-order valence-corrected chi connectivity index (χ3v) is 7.07. The number of aromatic hydroxyl groups is 1. The Labute approximate surface area is 186 Å². The van der Waals surface area contributed by atoms with E-state index in [9.17, 15) is 5.11 Å². The second-order valence-electron chi connectivity index (χ2n) is 9.33. The number of hydrogen-bond acceptors (Lipinski definition) is 6. The Kier molecular flexibility index (Phi) is 4.64. The van der Waals surface area contributed by atoms with Gasteiger partial charge in [-0.2, -0.15) is 5.10 Å². The summed E-state index contributed by atoms with van der Waals surface area (Å²) in [6, 6.07) is 6.08. The fourth-order valence-electron chi connectivity index (χ4n) is 5.32. The molecule has 0 spiro atoms. The van der Waals surface area contributed by atoms with E-state index >= 15 is 4.39 Å². The Morgan fingerprint density at radius 2 is 1.97 bits per heavy atom. The van der Waals surface area contributed by atoms with Crippen molar-refractivity contribution >= 4 is 5.82 Å². The van der Waals surface area contributed by atoms with Crippen molar-refractivity contribution in [3.05, 3.63) is 43.0 Å². The molecule has 32 heavy (non-hydrogen) atoms. The maximum Gasteiger partial charge on any atom is 0.147 e. The zero-order valence-electron chi connectivity index (χ0n) is 18.0. The summed E-state index contributed by atoms with van der Waals surface area (Å²) in [6.45, 7) is 0. The number of anilines is 1. The zero-order valence-corrected chi connectivity index (χ0v) is 18.0. The monoisotopic (exact) mass is 434 g/mol. The summed E-state index contributed by atoms with van der Waals surface area (Å²) in [7, 11) is 1.86. The van der Waals surface area contributed by atoms with Crippen LogP contribution in [0.25, 0.3) is 22.4 Å². The minimum Gasteiger partial charge on any atom is -0.507 e. The number of aryl methyl sites for hydroxylation is 1. The van der Waals surface area contributed by atoms with E-state index in [4.69, 9.17) is 0 Å². The Morgan fingerprint density at radius 3 is 2.66 bits per heavy atom. The number of aromatic nitrogens is 4. The SMILES string of the molecule is Cn1cc(-c2ccc(-c3cnc(N(C4CC4)[C@@H]4CC5CCC(N5)[C@@H]4F)cn3)c(O)c2)cn1. The van der Waals surface area contributed by atoms with Crippen LogP contribution in [0, 0.1) is 0 Å². The number of alkyl halides is 1. The van der Waals surface area contributed by atoms with E-state index in [-0.39, 0.29) is 17.8 Å². The van der Waals surface area contributed by atoms with E-state index in [0.717, 1.165) is 49.0 Å². The van der Waals surface area contributed by atoms with Crippen LogP contribution < -0.4 is 10.2 Å². The third kappa shape index (κ3) is 3.43. The van der Waals surface area contributed by atoms with Gasteiger partial charge in [-0.25, -0.2) is 9.37 Å². The van der Waals surface area contributed by atoms with Crippen LogP contribution in [0.3, 0.4) is 0 Å². The van der Waals surface area contributed by atoms with Crippen molar-refractivity contribution in [3.8, 4) is 28.1 Å². The maximum absolute atomic E-state index is 15.2. The van der Waals surface area contributed by atoms with Crippen molar-refractivity contribution in [3.63, 3.8) is 0 Å². The molecule has 4 heterocycles. The summed E-state index contributed by atoms with van der Waals surface area (Å²) in [5.74, 6) is 0.878. The van der Waals surface area contributed by atoms with Crippen LogP contribution >= 0.6 is 0 Å². The van der Waals surface area contributed by atoms with Gasteiger partial charge in [0.1, 0.15) is 17.7 Å². The summed E-state index contributed by atoms with van der Waals surface area (Å²) < 4.78 is 17.0. The van der Waals surface area contributed by atoms with Crippen LogP contribution in [0.15, 0.2) is 43.0 Å². The second kappa shape index (κ2) is 7.55. The van der Waals surface area contributed by atoms with Gasteiger partial charge in [-0.15, -0.1) is 0 Å². The first-order valence-corrected chi connectivity index (χ1v) is 11.4. The van der Waals surface area contributed by atoms with E-state index in [1.807, 2.05) is 25.4 Å². The average Bonchev–Trinajstić information content (AvgIpc) is 3.39. The number of fused-ring (bicyclic) bond motifs is 2. The Bertz CT molecular complexity index is 1130. The number of nitrogens with one attached hydrogen (secondary N) is 1. The highest BCUT2D eigenvalue weighted by atomic mass is 19.1. The van der Waals surface area contributed by atoms with Crippen molar-refractivity contribution < 1.29 is 9.50 Å². The quantitative estimate of drug-likeness (QED) is 0.640.